The van der Waals surface area contributed by atoms with Crippen LogP contribution in [0.1, 0.15) is 26.7 Å². The fraction of sp³-hybridized carbons (Fsp3) is 0.346. The van der Waals surface area contributed by atoms with Gasteiger partial charge in [-0.1, -0.05) is 0 Å². The number of nitrogens with zero attached hydrogens (tertiary/aromatic N) is 5. The standard InChI is InChI=1S/C26H28FN5O4S/c1-17(2)35-19-6-4-18(5-7-19)31-12-10-20(11-13-31)36-26-22-15-30-32(25(22)28-16-29-26)24-9-8-21(14-23(24)27)37(3,33)34/h4-9,14-17,20H,10-13H2,1-3H3. The van der Waals surface area contributed by atoms with Gasteiger partial charge in [0.1, 0.15) is 35.1 Å². The lowest BCUT2D eigenvalue weighted by Gasteiger charge is -2.33. The van der Waals surface area contributed by atoms with Crippen LogP contribution in [0.15, 0.2) is 59.9 Å². The molecule has 37 heavy (non-hydrogen) atoms. The number of aromatic nitrogens is 4. The average molecular weight is 526 g/mol. The molecule has 0 radical (unpaired) electrons. The number of anilines is 1. The zero-order valence-electron chi connectivity index (χ0n) is 20.8. The maximum Gasteiger partial charge on any atom is 0.228 e. The molecule has 0 aliphatic carbocycles. The van der Waals surface area contributed by atoms with Crippen LogP contribution in [0.25, 0.3) is 16.7 Å². The maximum atomic E-state index is 14.8. The topological polar surface area (TPSA) is 99.4 Å². The van der Waals surface area contributed by atoms with Crippen molar-refractivity contribution in [2.75, 3.05) is 24.2 Å². The van der Waals surface area contributed by atoms with E-state index < -0.39 is 15.7 Å². The van der Waals surface area contributed by atoms with Crippen molar-refractivity contribution in [3.05, 3.63) is 60.8 Å². The van der Waals surface area contributed by atoms with E-state index in [1.165, 1.54) is 29.3 Å². The van der Waals surface area contributed by atoms with Crippen molar-refractivity contribution in [3.63, 3.8) is 0 Å². The summed E-state index contributed by atoms with van der Waals surface area (Å²) in [7, 11) is -3.53. The third-order valence-corrected chi connectivity index (χ3v) is 7.31. The molecule has 1 aliphatic heterocycles. The lowest BCUT2D eigenvalue weighted by Crippen LogP contribution is -2.38. The molecule has 1 saturated heterocycles. The summed E-state index contributed by atoms with van der Waals surface area (Å²) < 4.78 is 51.6. The van der Waals surface area contributed by atoms with Gasteiger partial charge < -0.3 is 14.4 Å². The summed E-state index contributed by atoms with van der Waals surface area (Å²) in [5.41, 5.74) is 1.60. The van der Waals surface area contributed by atoms with Crippen molar-refractivity contribution in [2.24, 2.45) is 0 Å². The monoisotopic (exact) mass is 525 g/mol. The first kappa shape index (κ1) is 24.9. The van der Waals surface area contributed by atoms with Gasteiger partial charge in [0.2, 0.25) is 5.88 Å². The first-order valence-corrected chi connectivity index (χ1v) is 14.0. The molecule has 4 aromatic rings. The molecule has 2 aromatic heterocycles. The van der Waals surface area contributed by atoms with Gasteiger partial charge in [0.15, 0.2) is 15.5 Å². The molecule has 0 N–H and O–H groups in total. The maximum absolute atomic E-state index is 14.8. The first-order chi connectivity index (χ1) is 17.7. The van der Waals surface area contributed by atoms with E-state index in [1.54, 1.807) is 0 Å². The van der Waals surface area contributed by atoms with Crippen molar-refractivity contribution >= 4 is 26.6 Å². The van der Waals surface area contributed by atoms with Crippen molar-refractivity contribution in [2.45, 2.75) is 43.8 Å². The zero-order valence-corrected chi connectivity index (χ0v) is 21.7. The van der Waals surface area contributed by atoms with Gasteiger partial charge in [0.25, 0.3) is 0 Å². The fourth-order valence-electron chi connectivity index (χ4n) is 4.38. The van der Waals surface area contributed by atoms with E-state index in [4.69, 9.17) is 9.47 Å². The Morgan fingerprint density at radius 1 is 1.05 bits per heavy atom. The van der Waals surface area contributed by atoms with Crippen LogP contribution in [0.5, 0.6) is 11.6 Å². The number of benzene rings is 2. The van der Waals surface area contributed by atoms with Crippen LogP contribution >= 0.6 is 0 Å². The van der Waals surface area contributed by atoms with Gasteiger partial charge in [0, 0.05) is 37.9 Å². The average Bonchev–Trinajstić information content (AvgIpc) is 3.29. The lowest BCUT2D eigenvalue weighted by atomic mass is 10.1. The second kappa shape index (κ2) is 9.97. The van der Waals surface area contributed by atoms with Crippen LogP contribution < -0.4 is 14.4 Å². The molecular weight excluding hydrogens is 497 g/mol. The van der Waals surface area contributed by atoms with Crippen LogP contribution in [-0.2, 0) is 9.84 Å². The smallest absolute Gasteiger partial charge is 0.228 e. The fourth-order valence-corrected chi connectivity index (χ4v) is 5.01. The van der Waals surface area contributed by atoms with Crippen molar-refractivity contribution in [1.82, 2.24) is 19.7 Å². The first-order valence-electron chi connectivity index (χ1n) is 12.1. The van der Waals surface area contributed by atoms with Crippen molar-refractivity contribution < 1.29 is 22.3 Å². The Balaban J connectivity index is 1.29. The summed E-state index contributed by atoms with van der Waals surface area (Å²) in [5.74, 6) is 0.528. The molecule has 9 nitrogen and oxygen atoms in total. The molecule has 5 rings (SSSR count). The Hall–Kier alpha value is -3.73. The largest absolute Gasteiger partial charge is 0.491 e. The summed E-state index contributed by atoms with van der Waals surface area (Å²) in [5, 5.41) is 4.83. The summed E-state index contributed by atoms with van der Waals surface area (Å²) in [6.45, 7) is 5.68. The molecule has 2 aromatic carbocycles. The minimum Gasteiger partial charge on any atom is -0.491 e. The van der Waals surface area contributed by atoms with E-state index in [0.29, 0.717) is 16.9 Å². The van der Waals surface area contributed by atoms with Gasteiger partial charge in [-0.25, -0.2) is 27.5 Å². The van der Waals surface area contributed by atoms with Crippen molar-refractivity contribution in [3.8, 4) is 17.3 Å². The number of rotatable bonds is 7. The second-order valence-corrected chi connectivity index (χ2v) is 11.3. The molecule has 0 amide bonds. The van der Waals surface area contributed by atoms with E-state index >= 15 is 0 Å². The SMILES string of the molecule is CC(C)Oc1ccc(N2CCC(Oc3ncnc4c3cnn4-c3ccc(S(C)(=O)=O)cc3F)CC2)cc1. The Morgan fingerprint density at radius 3 is 2.43 bits per heavy atom. The number of halogens is 1. The Bertz CT molecular complexity index is 1510. The van der Waals surface area contributed by atoms with Crippen LogP contribution in [0.2, 0.25) is 0 Å². The Kier molecular flexibility index (Phi) is 6.72. The molecule has 0 bridgehead atoms. The number of sulfone groups is 1. The molecule has 0 atom stereocenters. The van der Waals surface area contributed by atoms with Crippen LogP contribution in [-0.4, -0.2) is 59.7 Å². The Morgan fingerprint density at radius 2 is 1.78 bits per heavy atom. The normalized spacial score (nSPS) is 14.9. The highest BCUT2D eigenvalue weighted by Gasteiger charge is 2.23. The number of fused-ring (bicyclic) bond motifs is 1. The highest BCUT2D eigenvalue weighted by molar-refractivity contribution is 7.90. The molecule has 194 valence electrons. The molecular formula is C26H28FN5O4S. The third-order valence-electron chi connectivity index (χ3n) is 6.20. The second-order valence-electron chi connectivity index (χ2n) is 9.32. The summed E-state index contributed by atoms with van der Waals surface area (Å²) in [6.07, 6.45) is 5.64. The van der Waals surface area contributed by atoms with E-state index in [2.05, 4.69) is 32.1 Å². The van der Waals surface area contributed by atoms with E-state index in [0.717, 1.165) is 49.7 Å². The molecule has 1 aliphatic rings. The van der Waals surface area contributed by atoms with Crippen molar-refractivity contribution in [1.29, 1.82) is 0 Å². The van der Waals surface area contributed by atoms with E-state index in [1.807, 2.05) is 26.0 Å². The minimum absolute atomic E-state index is 0.0352. The van der Waals surface area contributed by atoms with Gasteiger partial charge in [0.05, 0.1) is 17.2 Å². The van der Waals surface area contributed by atoms with E-state index in [-0.39, 0.29) is 22.8 Å². The van der Waals surface area contributed by atoms with Gasteiger partial charge in [-0.3, -0.25) is 0 Å². The van der Waals surface area contributed by atoms with Crippen LogP contribution in [0, 0.1) is 5.82 Å². The predicted molar refractivity (Wildman–Crippen MR) is 138 cm³/mol. The summed E-state index contributed by atoms with van der Waals surface area (Å²) >= 11 is 0. The molecule has 11 heteroatoms. The zero-order chi connectivity index (χ0) is 26.2. The molecule has 0 saturated carbocycles. The lowest BCUT2D eigenvalue weighted by molar-refractivity contribution is 0.166. The number of ether oxygens (including phenoxy) is 2. The highest BCUT2D eigenvalue weighted by atomic mass is 32.2. The quantitative estimate of drug-likeness (QED) is 0.354. The minimum atomic E-state index is -3.53. The van der Waals surface area contributed by atoms with Gasteiger partial charge in [-0.05, 0) is 56.3 Å². The Labute approximate surface area is 214 Å². The highest BCUT2D eigenvalue weighted by Crippen LogP contribution is 2.29. The molecule has 0 unspecified atom stereocenters. The van der Waals surface area contributed by atoms with Crippen LogP contribution in [0.4, 0.5) is 10.1 Å². The van der Waals surface area contributed by atoms with Gasteiger partial charge in [-0.15, -0.1) is 0 Å². The summed E-state index contributed by atoms with van der Waals surface area (Å²) in [6, 6.07) is 11.8. The molecule has 1 fully saturated rings. The van der Waals surface area contributed by atoms with Gasteiger partial charge in [-0.2, -0.15) is 5.10 Å². The molecule has 0 spiro atoms. The van der Waals surface area contributed by atoms with E-state index in [9.17, 15) is 12.8 Å². The molecule has 3 heterocycles. The number of piperidine rings is 1. The number of hydrogen-bond acceptors (Lipinski definition) is 8. The predicted octanol–water partition coefficient (Wildman–Crippen LogP) is 4.19. The number of hydrogen-bond donors (Lipinski definition) is 0. The van der Waals surface area contributed by atoms with Crippen LogP contribution in [0.3, 0.4) is 0 Å². The summed E-state index contributed by atoms with van der Waals surface area (Å²) in [4.78, 5) is 10.8. The van der Waals surface area contributed by atoms with Gasteiger partial charge >= 0.3 is 0 Å². The third kappa shape index (κ3) is 5.36.